The fourth-order valence-electron chi connectivity index (χ4n) is 3.60. The minimum absolute atomic E-state index is 0.0962. The first-order valence-electron chi connectivity index (χ1n) is 8.35. The van der Waals surface area contributed by atoms with E-state index < -0.39 is 0 Å². The Morgan fingerprint density at radius 2 is 2.33 bits per heavy atom. The van der Waals surface area contributed by atoms with E-state index in [1.54, 1.807) is 23.1 Å². The Kier molecular flexibility index (Phi) is 4.01. The van der Waals surface area contributed by atoms with Gasteiger partial charge >= 0.3 is 0 Å². The molecule has 4 rings (SSSR count). The number of thiophene rings is 1. The van der Waals surface area contributed by atoms with E-state index in [0.717, 1.165) is 44.7 Å². The zero-order chi connectivity index (χ0) is 16.7. The summed E-state index contributed by atoms with van der Waals surface area (Å²) in [6.07, 6.45) is 3.01. The van der Waals surface area contributed by atoms with Crippen LogP contribution in [0.3, 0.4) is 0 Å². The number of nitrogen functional groups attached to an aromatic ring is 1. The van der Waals surface area contributed by atoms with Crippen LogP contribution in [-0.2, 0) is 24.8 Å². The zero-order valence-corrected chi connectivity index (χ0v) is 14.6. The van der Waals surface area contributed by atoms with E-state index in [9.17, 15) is 4.79 Å². The molecule has 4 heterocycles. The Labute approximate surface area is 145 Å². The van der Waals surface area contributed by atoms with E-state index in [2.05, 4.69) is 26.4 Å². The molecule has 1 amide bonds. The fraction of sp³-hybridized carbons (Fsp3) is 0.562. The van der Waals surface area contributed by atoms with Crippen molar-refractivity contribution in [3.05, 3.63) is 27.7 Å². The number of hydrogen-bond acceptors (Lipinski definition) is 6. The van der Waals surface area contributed by atoms with Crippen LogP contribution >= 0.6 is 11.3 Å². The summed E-state index contributed by atoms with van der Waals surface area (Å²) in [5.41, 5.74) is 7.11. The summed E-state index contributed by atoms with van der Waals surface area (Å²) in [7, 11) is 1.79. The van der Waals surface area contributed by atoms with Gasteiger partial charge in [-0.25, -0.2) is 4.68 Å². The highest BCUT2D eigenvalue weighted by molar-refractivity contribution is 7.10. The number of aryl methyl sites for hydroxylation is 1. The molecule has 2 aromatic heterocycles. The van der Waals surface area contributed by atoms with Gasteiger partial charge in [-0.3, -0.25) is 9.69 Å². The van der Waals surface area contributed by atoms with Crippen LogP contribution in [0.1, 0.15) is 35.1 Å². The van der Waals surface area contributed by atoms with E-state index in [0.29, 0.717) is 12.5 Å². The molecule has 0 radical (unpaired) electrons. The molecule has 1 unspecified atom stereocenters. The maximum atomic E-state index is 12.8. The fourth-order valence-corrected chi connectivity index (χ4v) is 4.49. The van der Waals surface area contributed by atoms with Gasteiger partial charge in [0, 0.05) is 25.0 Å². The highest BCUT2D eigenvalue weighted by Gasteiger charge is 2.32. The molecule has 1 saturated heterocycles. The number of rotatable bonds is 3. The van der Waals surface area contributed by atoms with Gasteiger partial charge in [0.15, 0.2) is 5.82 Å². The summed E-state index contributed by atoms with van der Waals surface area (Å²) < 4.78 is 1.59. The lowest BCUT2D eigenvalue weighted by Gasteiger charge is -2.30. The van der Waals surface area contributed by atoms with E-state index in [-0.39, 0.29) is 11.9 Å². The van der Waals surface area contributed by atoms with Gasteiger partial charge in [0.05, 0.1) is 12.6 Å². The lowest BCUT2D eigenvalue weighted by molar-refractivity contribution is -0.133. The molecule has 7 nitrogen and oxygen atoms in total. The first-order chi connectivity index (χ1) is 11.6. The summed E-state index contributed by atoms with van der Waals surface area (Å²) in [4.78, 5) is 22.7. The number of nitrogens with zero attached hydrogens (tertiary/aromatic N) is 5. The van der Waals surface area contributed by atoms with Gasteiger partial charge in [0.25, 0.3) is 0 Å². The molecule has 2 aliphatic rings. The van der Waals surface area contributed by atoms with E-state index >= 15 is 0 Å². The van der Waals surface area contributed by atoms with Gasteiger partial charge in [-0.1, -0.05) is 0 Å². The second-order valence-electron chi connectivity index (χ2n) is 6.51. The summed E-state index contributed by atoms with van der Waals surface area (Å²) >= 11 is 1.79. The van der Waals surface area contributed by atoms with Crippen LogP contribution < -0.4 is 5.73 Å². The number of carbonyl (C=O) groups excluding carboxylic acids is 1. The van der Waals surface area contributed by atoms with Crippen molar-refractivity contribution in [1.29, 1.82) is 0 Å². The van der Waals surface area contributed by atoms with Crippen molar-refractivity contribution >= 4 is 23.2 Å². The molecule has 0 spiro atoms. The lowest BCUT2D eigenvalue weighted by Crippen LogP contribution is -2.42. The Bertz CT molecular complexity index is 734. The molecule has 2 aliphatic heterocycles. The van der Waals surface area contributed by atoms with E-state index in [4.69, 9.17) is 5.73 Å². The number of amides is 1. The molecule has 0 bridgehead atoms. The third-order valence-electron chi connectivity index (χ3n) is 4.97. The van der Waals surface area contributed by atoms with Crippen molar-refractivity contribution in [3.8, 4) is 0 Å². The minimum atomic E-state index is 0.0962. The maximum Gasteiger partial charge on any atom is 0.237 e. The van der Waals surface area contributed by atoms with Crippen molar-refractivity contribution < 1.29 is 4.79 Å². The highest BCUT2D eigenvalue weighted by Crippen LogP contribution is 2.30. The smallest absolute Gasteiger partial charge is 0.237 e. The van der Waals surface area contributed by atoms with Gasteiger partial charge < -0.3 is 10.6 Å². The molecule has 24 heavy (non-hydrogen) atoms. The number of carbonyl (C=O) groups is 1. The van der Waals surface area contributed by atoms with Crippen molar-refractivity contribution in [1.82, 2.24) is 24.6 Å². The summed E-state index contributed by atoms with van der Waals surface area (Å²) in [6, 6.07) is 2.23. The molecule has 0 saturated carbocycles. The average Bonchev–Trinajstić information content (AvgIpc) is 3.27. The molecular formula is C16H22N6OS. The summed E-state index contributed by atoms with van der Waals surface area (Å²) in [6.45, 7) is 2.90. The van der Waals surface area contributed by atoms with Crippen LogP contribution in [0.2, 0.25) is 0 Å². The van der Waals surface area contributed by atoms with Crippen LogP contribution in [0.5, 0.6) is 0 Å². The summed E-state index contributed by atoms with van der Waals surface area (Å²) in [5.74, 6) is 1.35. The highest BCUT2D eigenvalue weighted by atomic mass is 32.1. The molecule has 0 aliphatic carbocycles. The second-order valence-corrected chi connectivity index (χ2v) is 7.52. The molecule has 1 atom stereocenters. The third-order valence-corrected chi connectivity index (χ3v) is 6.00. The SMILES string of the molecule is Cn1nc(C2CCCN2CC(=O)N2CCc3sccc3C2)nc1N. The predicted molar refractivity (Wildman–Crippen MR) is 92.4 cm³/mol. The first kappa shape index (κ1) is 15.6. The van der Waals surface area contributed by atoms with Gasteiger partial charge in [0.1, 0.15) is 0 Å². The van der Waals surface area contributed by atoms with Gasteiger partial charge in [0.2, 0.25) is 11.9 Å². The quantitative estimate of drug-likeness (QED) is 0.903. The Balaban J connectivity index is 1.43. The lowest BCUT2D eigenvalue weighted by atomic mass is 10.1. The molecule has 2 N–H and O–H groups in total. The topological polar surface area (TPSA) is 80.3 Å². The average molecular weight is 346 g/mol. The summed E-state index contributed by atoms with van der Waals surface area (Å²) in [5, 5.41) is 6.52. The van der Waals surface area contributed by atoms with Gasteiger partial charge in [-0.05, 0) is 42.8 Å². The normalized spacial score (nSPS) is 21.2. The number of likely N-dealkylation sites (tertiary alicyclic amines) is 1. The molecule has 8 heteroatoms. The van der Waals surface area contributed by atoms with Crippen molar-refractivity contribution in [2.45, 2.75) is 31.8 Å². The molecule has 2 aromatic rings. The number of nitrogens with two attached hydrogens (primary N) is 1. The van der Waals surface area contributed by atoms with Crippen molar-refractivity contribution in [3.63, 3.8) is 0 Å². The van der Waals surface area contributed by atoms with Crippen LogP contribution in [0.15, 0.2) is 11.4 Å². The monoisotopic (exact) mass is 346 g/mol. The first-order valence-corrected chi connectivity index (χ1v) is 9.23. The second kappa shape index (κ2) is 6.18. The number of anilines is 1. The molecular weight excluding hydrogens is 324 g/mol. The van der Waals surface area contributed by atoms with E-state index in [1.807, 2.05) is 4.90 Å². The molecule has 1 fully saturated rings. The minimum Gasteiger partial charge on any atom is -0.368 e. The molecule has 0 aromatic carbocycles. The number of hydrogen-bond donors (Lipinski definition) is 1. The zero-order valence-electron chi connectivity index (χ0n) is 13.8. The van der Waals surface area contributed by atoms with Crippen LogP contribution in [0, 0.1) is 0 Å². The third kappa shape index (κ3) is 2.80. The largest absolute Gasteiger partial charge is 0.368 e. The van der Waals surface area contributed by atoms with Crippen molar-refractivity contribution in [2.75, 3.05) is 25.4 Å². The van der Waals surface area contributed by atoms with Crippen molar-refractivity contribution in [2.24, 2.45) is 7.05 Å². The Morgan fingerprint density at radius 1 is 1.46 bits per heavy atom. The maximum absolute atomic E-state index is 12.8. The van der Waals surface area contributed by atoms with Gasteiger partial charge in [-0.15, -0.1) is 11.3 Å². The standard InChI is InChI=1S/C16H22N6OS/c1-20-16(17)18-15(19-20)12-3-2-6-21(12)10-14(23)22-7-4-13-11(9-22)5-8-24-13/h5,8,12H,2-4,6-7,9-10H2,1H3,(H2,17,18,19). The van der Waals surface area contributed by atoms with Crippen LogP contribution in [0.25, 0.3) is 0 Å². The van der Waals surface area contributed by atoms with E-state index in [1.165, 1.54) is 10.4 Å². The Morgan fingerprint density at radius 3 is 3.12 bits per heavy atom. The Hall–Kier alpha value is -1.93. The van der Waals surface area contributed by atoms with Crippen LogP contribution in [-0.4, -0.2) is 50.1 Å². The number of aromatic nitrogens is 3. The van der Waals surface area contributed by atoms with Gasteiger partial charge in [-0.2, -0.15) is 10.1 Å². The number of fused-ring (bicyclic) bond motifs is 1. The predicted octanol–water partition coefficient (Wildman–Crippen LogP) is 1.18. The molecule has 128 valence electrons. The van der Waals surface area contributed by atoms with Crippen LogP contribution in [0.4, 0.5) is 5.95 Å².